The summed E-state index contributed by atoms with van der Waals surface area (Å²) in [4.78, 5) is 1.98. The average Bonchev–Trinajstić information content (AvgIpc) is 1.98. The highest BCUT2D eigenvalue weighted by molar-refractivity contribution is 4.72. The Balaban J connectivity index is 2.44. The summed E-state index contributed by atoms with van der Waals surface area (Å²) in [6.07, 6.45) is 0.951. The SMILES string of the molecule is CC1CCN(C)C1O. The molecule has 1 fully saturated rings. The highest BCUT2D eigenvalue weighted by atomic mass is 16.3. The molecule has 0 amide bonds. The van der Waals surface area contributed by atoms with Gasteiger partial charge in [0, 0.05) is 6.54 Å². The number of aliphatic hydroxyl groups is 1. The Labute approximate surface area is 50.1 Å². The standard InChI is InChI=1S/C6H13NO/c1-5-3-4-7(2)6(5)8/h5-6,8H,3-4H2,1-2H3. The molecular formula is C6H13NO. The summed E-state index contributed by atoms with van der Waals surface area (Å²) >= 11 is 0. The lowest BCUT2D eigenvalue weighted by Gasteiger charge is -2.14. The van der Waals surface area contributed by atoms with Crippen molar-refractivity contribution in [3.8, 4) is 0 Å². The number of rotatable bonds is 0. The number of aliphatic hydroxyl groups excluding tert-OH is 1. The number of likely N-dealkylation sites (tertiary alicyclic amines) is 1. The number of hydrogen-bond acceptors (Lipinski definition) is 2. The first-order valence-electron chi connectivity index (χ1n) is 3.10. The summed E-state index contributed by atoms with van der Waals surface area (Å²) in [7, 11) is 1.95. The van der Waals surface area contributed by atoms with Crippen molar-refractivity contribution < 1.29 is 5.11 Å². The highest BCUT2D eigenvalue weighted by Crippen LogP contribution is 2.18. The molecule has 0 spiro atoms. The number of hydrogen-bond donors (Lipinski definition) is 1. The summed E-state index contributed by atoms with van der Waals surface area (Å²) in [6.45, 7) is 3.12. The maximum atomic E-state index is 9.19. The van der Waals surface area contributed by atoms with Crippen LogP contribution in [0, 0.1) is 5.92 Å². The highest BCUT2D eigenvalue weighted by Gasteiger charge is 2.25. The first-order valence-corrected chi connectivity index (χ1v) is 3.10. The minimum Gasteiger partial charge on any atom is -0.378 e. The quantitative estimate of drug-likeness (QED) is 0.490. The van der Waals surface area contributed by atoms with Crippen LogP contribution in [0.2, 0.25) is 0 Å². The lowest BCUT2D eigenvalue weighted by molar-refractivity contribution is 0.0292. The first-order chi connectivity index (χ1) is 3.72. The molecule has 2 unspecified atom stereocenters. The topological polar surface area (TPSA) is 23.5 Å². The average molecular weight is 115 g/mol. The van der Waals surface area contributed by atoms with Crippen molar-refractivity contribution in [3.05, 3.63) is 0 Å². The lowest BCUT2D eigenvalue weighted by Crippen LogP contribution is -2.27. The zero-order chi connectivity index (χ0) is 6.15. The van der Waals surface area contributed by atoms with Gasteiger partial charge >= 0.3 is 0 Å². The molecule has 1 aliphatic heterocycles. The van der Waals surface area contributed by atoms with E-state index in [1.165, 1.54) is 0 Å². The van der Waals surface area contributed by atoms with Crippen LogP contribution < -0.4 is 0 Å². The van der Waals surface area contributed by atoms with Crippen molar-refractivity contribution >= 4 is 0 Å². The third kappa shape index (κ3) is 0.858. The molecule has 0 aliphatic carbocycles. The van der Waals surface area contributed by atoms with Gasteiger partial charge in [0.15, 0.2) is 0 Å². The molecule has 1 saturated heterocycles. The fourth-order valence-electron chi connectivity index (χ4n) is 1.12. The monoisotopic (exact) mass is 115 g/mol. The van der Waals surface area contributed by atoms with Crippen LogP contribution in [0.3, 0.4) is 0 Å². The fraction of sp³-hybridized carbons (Fsp3) is 1.00. The van der Waals surface area contributed by atoms with Crippen molar-refractivity contribution in [1.82, 2.24) is 4.90 Å². The molecule has 0 bridgehead atoms. The van der Waals surface area contributed by atoms with Gasteiger partial charge in [-0.1, -0.05) is 6.92 Å². The zero-order valence-electron chi connectivity index (χ0n) is 5.46. The van der Waals surface area contributed by atoms with Gasteiger partial charge in [-0.15, -0.1) is 0 Å². The Morgan fingerprint density at radius 2 is 2.25 bits per heavy atom. The van der Waals surface area contributed by atoms with Crippen molar-refractivity contribution in [2.45, 2.75) is 19.6 Å². The van der Waals surface area contributed by atoms with E-state index in [0.717, 1.165) is 13.0 Å². The van der Waals surface area contributed by atoms with Crippen LogP contribution in [0.4, 0.5) is 0 Å². The maximum absolute atomic E-state index is 9.19. The molecule has 1 N–H and O–H groups in total. The second kappa shape index (κ2) is 2.03. The molecule has 0 saturated carbocycles. The van der Waals surface area contributed by atoms with Gasteiger partial charge < -0.3 is 5.11 Å². The van der Waals surface area contributed by atoms with Crippen LogP contribution in [0.5, 0.6) is 0 Å². The molecule has 1 rings (SSSR count). The van der Waals surface area contributed by atoms with Gasteiger partial charge in [-0.05, 0) is 19.4 Å². The Morgan fingerprint density at radius 1 is 1.62 bits per heavy atom. The van der Waals surface area contributed by atoms with Gasteiger partial charge in [-0.3, -0.25) is 4.90 Å². The molecule has 0 radical (unpaired) electrons. The van der Waals surface area contributed by atoms with E-state index < -0.39 is 0 Å². The van der Waals surface area contributed by atoms with Crippen LogP contribution in [-0.2, 0) is 0 Å². The first kappa shape index (κ1) is 6.05. The van der Waals surface area contributed by atoms with E-state index in [4.69, 9.17) is 0 Å². The molecule has 1 aliphatic rings. The summed E-state index contributed by atoms with van der Waals surface area (Å²) < 4.78 is 0. The van der Waals surface area contributed by atoms with Gasteiger partial charge in [0.05, 0.1) is 0 Å². The van der Waals surface area contributed by atoms with Gasteiger partial charge in [0.1, 0.15) is 6.23 Å². The Morgan fingerprint density at radius 3 is 2.38 bits per heavy atom. The van der Waals surface area contributed by atoms with Crippen molar-refractivity contribution in [1.29, 1.82) is 0 Å². The molecule has 2 nitrogen and oxygen atoms in total. The summed E-state index contributed by atoms with van der Waals surface area (Å²) in [6, 6.07) is 0. The van der Waals surface area contributed by atoms with E-state index in [1.54, 1.807) is 0 Å². The predicted octanol–water partition coefficient (Wildman–Crippen LogP) is 0.276. The maximum Gasteiger partial charge on any atom is 0.109 e. The van der Waals surface area contributed by atoms with Crippen molar-refractivity contribution in [2.24, 2.45) is 5.92 Å². The smallest absolute Gasteiger partial charge is 0.109 e. The third-order valence-corrected chi connectivity index (χ3v) is 1.90. The minimum atomic E-state index is -0.185. The van der Waals surface area contributed by atoms with E-state index >= 15 is 0 Å². The van der Waals surface area contributed by atoms with Gasteiger partial charge in [0.25, 0.3) is 0 Å². The molecule has 2 atom stereocenters. The Bertz CT molecular complexity index is 74.6. The predicted molar refractivity (Wildman–Crippen MR) is 32.4 cm³/mol. The normalized spacial score (nSPS) is 40.9. The molecule has 0 aromatic carbocycles. The van der Waals surface area contributed by atoms with Crippen LogP contribution in [0.25, 0.3) is 0 Å². The van der Waals surface area contributed by atoms with Crippen molar-refractivity contribution in [3.63, 3.8) is 0 Å². The molecule has 0 aromatic heterocycles. The largest absolute Gasteiger partial charge is 0.378 e. The molecule has 8 heavy (non-hydrogen) atoms. The lowest BCUT2D eigenvalue weighted by atomic mass is 10.1. The minimum absolute atomic E-state index is 0.185. The Kier molecular flexibility index (Phi) is 1.54. The van der Waals surface area contributed by atoms with Crippen LogP contribution in [0.1, 0.15) is 13.3 Å². The third-order valence-electron chi connectivity index (χ3n) is 1.90. The molecule has 0 aromatic rings. The van der Waals surface area contributed by atoms with E-state index in [9.17, 15) is 5.11 Å². The zero-order valence-corrected chi connectivity index (χ0v) is 5.46. The van der Waals surface area contributed by atoms with Crippen molar-refractivity contribution in [2.75, 3.05) is 13.6 Å². The Hall–Kier alpha value is -0.0800. The van der Waals surface area contributed by atoms with Crippen LogP contribution in [0.15, 0.2) is 0 Å². The molecule has 1 heterocycles. The van der Waals surface area contributed by atoms with Gasteiger partial charge in [-0.25, -0.2) is 0 Å². The summed E-state index contributed by atoms with van der Waals surface area (Å²) in [5.74, 6) is 0.472. The van der Waals surface area contributed by atoms with Gasteiger partial charge in [0.2, 0.25) is 0 Å². The van der Waals surface area contributed by atoms with Crippen LogP contribution >= 0.6 is 0 Å². The van der Waals surface area contributed by atoms with E-state index in [-0.39, 0.29) is 6.23 Å². The van der Waals surface area contributed by atoms with E-state index in [1.807, 2.05) is 11.9 Å². The second-order valence-corrected chi connectivity index (χ2v) is 2.66. The number of nitrogens with zero attached hydrogens (tertiary/aromatic N) is 1. The molecule has 2 heteroatoms. The second-order valence-electron chi connectivity index (χ2n) is 2.66. The van der Waals surface area contributed by atoms with Gasteiger partial charge in [-0.2, -0.15) is 0 Å². The molecule has 48 valence electrons. The van der Waals surface area contributed by atoms with E-state index in [2.05, 4.69) is 6.92 Å². The van der Waals surface area contributed by atoms with E-state index in [0.29, 0.717) is 5.92 Å². The van der Waals surface area contributed by atoms with Crippen LogP contribution in [-0.4, -0.2) is 29.8 Å². The summed E-state index contributed by atoms with van der Waals surface area (Å²) in [5.41, 5.74) is 0. The fourth-order valence-corrected chi connectivity index (χ4v) is 1.12. The summed E-state index contributed by atoms with van der Waals surface area (Å²) in [5, 5.41) is 9.19. The molecular weight excluding hydrogens is 102 g/mol.